The van der Waals surface area contributed by atoms with Gasteiger partial charge in [0.25, 0.3) is 5.91 Å². The number of nitrogens with one attached hydrogen (secondary N) is 1. The summed E-state index contributed by atoms with van der Waals surface area (Å²) in [5.41, 5.74) is 1.63. The molecule has 1 aromatic carbocycles. The standard InChI is InChI=1S/C17H19N3O3/c1-11-7-8-18-16(19-11)20-14(21)10-22-13-6-4-5-12-9-17(2,3)23-15(12)13/h4-8H,9-10H2,1-3H3,(H,18,19,20,21). The number of aryl methyl sites for hydroxylation is 1. The van der Waals surface area contributed by atoms with E-state index >= 15 is 0 Å². The lowest BCUT2D eigenvalue weighted by atomic mass is 10.0. The minimum absolute atomic E-state index is 0.127. The minimum Gasteiger partial charge on any atom is -0.483 e. The molecule has 1 amide bonds. The Hall–Kier alpha value is -2.63. The average Bonchev–Trinajstić information content (AvgIpc) is 2.79. The van der Waals surface area contributed by atoms with Crippen LogP contribution < -0.4 is 14.8 Å². The van der Waals surface area contributed by atoms with Crippen LogP contribution >= 0.6 is 0 Å². The zero-order valence-electron chi connectivity index (χ0n) is 13.4. The van der Waals surface area contributed by atoms with E-state index in [1.165, 1.54) is 0 Å². The van der Waals surface area contributed by atoms with Crippen molar-refractivity contribution in [3.8, 4) is 11.5 Å². The molecule has 1 aromatic heterocycles. The Kier molecular flexibility index (Phi) is 3.90. The van der Waals surface area contributed by atoms with Gasteiger partial charge in [0.2, 0.25) is 5.95 Å². The van der Waals surface area contributed by atoms with Crippen LogP contribution in [-0.4, -0.2) is 28.1 Å². The number of nitrogens with zero attached hydrogens (tertiary/aromatic N) is 2. The first kappa shape index (κ1) is 15.3. The fourth-order valence-corrected chi connectivity index (χ4v) is 2.51. The van der Waals surface area contributed by atoms with Crippen molar-refractivity contribution in [2.45, 2.75) is 32.8 Å². The highest BCUT2D eigenvalue weighted by Gasteiger charge is 2.32. The van der Waals surface area contributed by atoms with E-state index in [1.807, 2.05) is 32.9 Å². The van der Waals surface area contributed by atoms with Gasteiger partial charge in [-0.2, -0.15) is 0 Å². The Morgan fingerprint density at radius 3 is 3.00 bits per heavy atom. The van der Waals surface area contributed by atoms with E-state index in [4.69, 9.17) is 9.47 Å². The molecule has 0 bridgehead atoms. The van der Waals surface area contributed by atoms with Crippen molar-refractivity contribution in [3.05, 3.63) is 41.7 Å². The van der Waals surface area contributed by atoms with Crippen LogP contribution in [0.1, 0.15) is 25.1 Å². The van der Waals surface area contributed by atoms with E-state index < -0.39 is 0 Å². The van der Waals surface area contributed by atoms with Crippen LogP contribution in [0.25, 0.3) is 0 Å². The average molecular weight is 313 g/mol. The van der Waals surface area contributed by atoms with Gasteiger partial charge >= 0.3 is 0 Å². The lowest BCUT2D eigenvalue weighted by molar-refractivity contribution is -0.118. The van der Waals surface area contributed by atoms with Crippen LogP contribution in [0.4, 0.5) is 5.95 Å². The Bertz CT molecular complexity index is 744. The number of aromatic nitrogens is 2. The van der Waals surface area contributed by atoms with Crippen molar-refractivity contribution in [2.75, 3.05) is 11.9 Å². The minimum atomic E-state index is -0.314. The number of benzene rings is 1. The fourth-order valence-electron chi connectivity index (χ4n) is 2.51. The SMILES string of the molecule is Cc1ccnc(NC(=O)COc2cccc3c2OC(C)(C)C3)n1. The third-order valence-corrected chi connectivity index (χ3v) is 3.46. The molecule has 0 unspecified atom stereocenters. The van der Waals surface area contributed by atoms with Gasteiger partial charge in [0, 0.05) is 23.9 Å². The molecule has 3 rings (SSSR count). The Balaban J connectivity index is 1.63. The van der Waals surface area contributed by atoms with Gasteiger partial charge in [-0.1, -0.05) is 12.1 Å². The number of hydrogen-bond acceptors (Lipinski definition) is 5. The molecule has 0 radical (unpaired) electrons. The van der Waals surface area contributed by atoms with Gasteiger partial charge in [0.15, 0.2) is 18.1 Å². The molecule has 0 spiro atoms. The maximum atomic E-state index is 12.0. The van der Waals surface area contributed by atoms with Crippen LogP contribution in [-0.2, 0) is 11.2 Å². The van der Waals surface area contributed by atoms with Gasteiger partial charge in [-0.3, -0.25) is 10.1 Å². The normalized spacial score (nSPS) is 14.7. The maximum Gasteiger partial charge on any atom is 0.264 e. The Labute approximate surface area is 134 Å². The molecular formula is C17H19N3O3. The molecule has 0 atom stereocenters. The predicted octanol–water partition coefficient (Wildman–Crippen LogP) is 2.52. The van der Waals surface area contributed by atoms with Crippen LogP contribution in [0, 0.1) is 6.92 Å². The van der Waals surface area contributed by atoms with Crippen molar-refractivity contribution in [3.63, 3.8) is 0 Å². The number of hydrogen-bond donors (Lipinski definition) is 1. The molecular weight excluding hydrogens is 294 g/mol. The van der Waals surface area contributed by atoms with E-state index in [0.29, 0.717) is 5.75 Å². The summed E-state index contributed by atoms with van der Waals surface area (Å²) >= 11 is 0. The van der Waals surface area contributed by atoms with Gasteiger partial charge in [-0.25, -0.2) is 9.97 Å². The first-order valence-corrected chi connectivity index (χ1v) is 7.46. The summed E-state index contributed by atoms with van der Waals surface area (Å²) in [4.78, 5) is 20.1. The molecule has 0 aliphatic carbocycles. The quantitative estimate of drug-likeness (QED) is 0.939. The molecule has 2 heterocycles. The van der Waals surface area contributed by atoms with E-state index in [-0.39, 0.29) is 24.1 Å². The molecule has 2 aromatic rings. The van der Waals surface area contributed by atoms with E-state index in [9.17, 15) is 4.79 Å². The lowest BCUT2D eigenvalue weighted by Gasteiger charge is -2.18. The summed E-state index contributed by atoms with van der Waals surface area (Å²) in [6.07, 6.45) is 2.42. The van der Waals surface area contributed by atoms with Crippen molar-refractivity contribution < 1.29 is 14.3 Å². The number of ether oxygens (including phenoxy) is 2. The Morgan fingerprint density at radius 1 is 1.39 bits per heavy atom. The van der Waals surface area contributed by atoms with Gasteiger partial charge < -0.3 is 9.47 Å². The molecule has 1 N–H and O–H groups in total. The van der Waals surface area contributed by atoms with Crippen LogP contribution in [0.3, 0.4) is 0 Å². The monoisotopic (exact) mass is 313 g/mol. The first-order chi connectivity index (χ1) is 10.9. The number of anilines is 1. The van der Waals surface area contributed by atoms with E-state index in [1.54, 1.807) is 18.3 Å². The number of amides is 1. The topological polar surface area (TPSA) is 73.3 Å². The number of carbonyl (C=O) groups excluding carboxylic acids is 1. The van der Waals surface area contributed by atoms with Crippen LogP contribution in [0.2, 0.25) is 0 Å². The summed E-state index contributed by atoms with van der Waals surface area (Å²) in [7, 11) is 0. The van der Waals surface area contributed by atoms with Crippen molar-refractivity contribution in [1.82, 2.24) is 9.97 Å². The number of fused-ring (bicyclic) bond motifs is 1. The summed E-state index contributed by atoms with van der Waals surface area (Å²) in [5, 5.41) is 2.61. The highest BCUT2D eigenvalue weighted by Crippen LogP contribution is 2.41. The van der Waals surface area contributed by atoms with Gasteiger partial charge in [0.1, 0.15) is 5.60 Å². The fraction of sp³-hybridized carbons (Fsp3) is 0.353. The summed E-state index contributed by atoms with van der Waals surface area (Å²) in [6, 6.07) is 7.48. The number of carbonyl (C=O) groups is 1. The Morgan fingerprint density at radius 2 is 2.22 bits per heavy atom. The highest BCUT2D eigenvalue weighted by atomic mass is 16.5. The van der Waals surface area contributed by atoms with E-state index in [0.717, 1.165) is 23.4 Å². The summed E-state index contributed by atoms with van der Waals surface area (Å²) in [6.45, 7) is 5.76. The predicted molar refractivity (Wildman–Crippen MR) is 85.7 cm³/mol. The lowest BCUT2D eigenvalue weighted by Crippen LogP contribution is -2.25. The van der Waals surface area contributed by atoms with Crippen molar-refractivity contribution >= 4 is 11.9 Å². The third kappa shape index (κ3) is 3.59. The molecule has 120 valence electrons. The second-order valence-corrected chi connectivity index (χ2v) is 6.14. The molecule has 0 saturated carbocycles. The highest BCUT2D eigenvalue weighted by molar-refractivity contribution is 5.90. The molecule has 0 saturated heterocycles. The second kappa shape index (κ2) is 5.87. The zero-order valence-corrected chi connectivity index (χ0v) is 13.4. The summed E-state index contributed by atoms with van der Waals surface area (Å²) in [5.74, 6) is 1.25. The zero-order chi connectivity index (χ0) is 16.4. The van der Waals surface area contributed by atoms with Crippen molar-refractivity contribution in [1.29, 1.82) is 0 Å². The maximum absolute atomic E-state index is 12.0. The van der Waals surface area contributed by atoms with Crippen molar-refractivity contribution in [2.24, 2.45) is 0 Å². The number of para-hydroxylation sites is 1. The number of rotatable bonds is 4. The first-order valence-electron chi connectivity index (χ1n) is 7.46. The van der Waals surface area contributed by atoms with Gasteiger partial charge in [0.05, 0.1) is 0 Å². The molecule has 23 heavy (non-hydrogen) atoms. The smallest absolute Gasteiger partial charge is 0.264 e. The van der Waals surface area contributed by atoms with Gasteiger partial charge in [-0.05, 0) is 32.9 Å². The summed E-state index contributed by atoms with van der Waals surface area (Å²) < 4.78 is 11.5. The van der Waals surface area contributed by atoms with Crippen LogP contribution in [0.15, 0.2) is 30.5 Å². The van der Waals surface area contributed by atoms with Crippen LogP contribution in [0.5, 0.6) is 11.5 Å². The van der Waals surface area contributed by atoms with E-state index in [2.05, 4.69) is 15.3 Å². The largest absolute Gasteiger partial charge is 0.483 e. The van der Waals surface area contributed by atoms with Gasteiger partial charge in [-0.15, -0.1) is 0 Å². The molecule has 0 fully saturated rings. The molecule has 1 aliphatic heterocycles. The third-order valence-electron chi connectivity index (χ3n) is 3.46. The molecule has 6 heteroatoms. The molecule has 6 nitrogen and oxygen atoms in total. The molecule has 1 aliphatic rings. The second-order valence-electron chi connectivity index (χ2n) is 6.14.